The lowest BCUT2D eigenvalue weighted by atomic mass is 10.1. The summed E-state index contributed by atoms with van der Waals surface area (Å²) < 4.78 is 13.3. The van der Waals surface area contributed by atoms with Gasteiger partial charge < -0.3 is 11.1 Å². The molecule has 4 aromatic rings. The molecule has 0 spiro atoms. The maximum Gasteiger partial charge on any atom is 0.267 e. The summed E-state index contributed by atoms with van der Waals surface area (Å²) in [7, 11) is 0. The molecule has 0 aliphatic carbocycles. The molecular formula is C20H15ClFN3OS. The van der Waals surface area contributed by atoms with E-state index in [9.17, 15) is 9.18 Å². The van der Waals surface area contributed by atoms with Crippen LogP contribution in [0.2, 0.25) is 5.02 Å². The second kappa shape index (κ2) is 6.79. The van der Waals surface area contributed by atoms with E-state index in [0.29, 0.717) is 21.1 Å². The van der Waals surface area contributed by atoms with Gasteiger partial charge in [-0.05, 0) is 36.2 Å². The number of pyridine rings is 1. The molecule has 0 unspecified atom stereocenters. The van der Waals surface area contributed by atoms with Crippen molar-refractivity contribution in [2.45, 2.75) is 13.3 Å². The first-order valence-electron chi connectivity index (χ1n) is 8.35. The number of nitrogens with one attached hydrogen (secondary N) is 1. The fraction of sp³-hybridized carbons (Fsp3) is 0.100. The van der Waals surface area contributed by atoms with Gasteiger partial charge in [0.05, 0.1) is 16.2 Å². The number of anilines is 2. The number of carbonyl (C=O) groups is 1. The molecule has 0 atom stereocenters. The van der Waals surface area contributed by atoms with Crippen molar-refractivity contribution in [2.24, 2.45) is 0 Å². The molecule has 0 aliphatic rings. The number of nitrogen functional groups attached to an aromatic ring is 1. The number of aryl methyl sites for hydroxylation is 1. The van der Waals surface area contributed by atoms with Crippen LogP contribution < -0.4 is 11.1 Å². The maximum atomic E-state index is 13.3. The fourth-order valence-corrected chi connectivity index (χ4v) is 4.16. The van der Waals surface area contributed by atoms with Crippen molar-refractivity contribution >= 4 is 61.3 Å². The number of hydrogen-bond donors (Lipinski definition) is 2. The molecule has 0 saturated carbocycles. The minimum Gasteiger partial charge on any atom is -0.397 e. The Labute approximate surface area is 163 Å². The Morgan fingerprint density at radius 1 is 1.30 bits per heavy atom. The largest absolute Gasteiger partial charge is 0.397 e. The summed E-state index contributed by atoms with van der Waals surface area (Å²) in [6.07, 6.45) is 0.870. The molecule has 0 aliphatic heterocycles. The van der Waals surface area contributed by atoms with Gasteiger partial charge in [-0.15, -0.1) is 11.3 Å². The Morgan fingerprint density at radius 3 is 2.85 bits per heavy atom. The molecule has 0 bridgehead atoms. The number of para-hydroxylation sites is 1. The molecule has 0 fully saturated rings. The average molecular weight is 400 g/mol. The van der Waals surface area contributed by atoms with Crippen LogP contribution in [0.1, 0.15) is 22.2 Å². The summed E-state index contributed by atoms with van der Waals surface area (Å²) in [5.74, 6) is -0.920. The van der Waals surface area contributed by atoms with E-state index in [2.05, 4.69) is 12.2 Å². The van der Waals surface area contributed by atoms with E-state index >= 15 is 0 Å². The van der Waals surface area contributed by atoms with E-state index in [-0.39, 0.29) is 10.9 Å². The number of amides is 1. The van der Waals surface area contributed by atoms with Gasteiger partial charge in [-0.25, -0.2) is 9.37 Å². The Kier molecular flexibility index (Phi) is 4.45. The Hall–Kier alpha value is -2.70. The van der Waals surface area contributed by atoms with Crippen LogP contribution in [0.5, 0.6) is 0 Å². The normalized spacial score (nSPS) is 11.2. The number of carbonyl (C=O) groups excluding carboxylic acids is 1. The van der Waals surface area contributed by atoms with Crippen molar-refractivity contribution in [2.75, 3.05) is 11.1 Å². The smallest absolute Gasteiger partial charge is 0.267 e. The molecule has 7 heteroatoms. The van der Waals surface area contributed by atoms with E-state index in [4.69, 9.17) is 22.3 Å². The van der Waals surface area contributed by atoms with E-state index in [1.54, 1.807) is 0 Å². The molecule has 4 nitrogen and oxygen atoms in total. The number of halogens is 2. The standard InChI is InChI=1S/C20H15ClFN3OS/c1-2-10-4-3-5-11-8-13-16(23)18(27-20(13)25-17(10)11)19(26)24-12-6-7-15(22)14(21)9-12/h3-9H,2,23H2,1H3,(H,24,26). The predicted octanol–water partition coefficient (Wildman–Crippen LogP) is 5.64. The molecule has 0 radical (unpaired) electrons. The number of hydrogen-bond acceptors (Lipinski definition) is 4. The van der Waals surface area contributed by atoms with Gasteiger partial charge in [0, 0.05) is 16.5 Å². The minimum absolute atomic E-state index is 0.0582. The zero-order chi connectivity index (χ0) is 19.1. The van der Waals surface area contributed by atoms with Gasteiger partial charge in [-0.2, -0.15) is 0 Å². The summed E-state index contributed by atoms with van der Waals surface area (Å²) >= 11 is 7.01. The summed E-state index contributed by atoms with van der Waals surface area (Å²) in [6.45, 7) is 2.08. The summed E-state index contributed by atoms with van der Waals surface area (Å²) in [6, 6.07) is 12.0. The summed E-state index contributed by atoms with van der Waals surface area (Å²) in [4.78, 5) is 18.5. The van der Waals surface area contributed by atoms with Crippen molar-refractivity contribution in [1.29, 1.82) is 0 Å². The number of nitrogens with two attached hydrogens (primary N) is 1. The van der Waals surface area contributed by atoms with Crippen molar-refractivity contribution in [3.05, 3.63) is 63.7 Å². The van der Waals surface area contributed by atoms with E-state index in [1.807, 2.05) is 24.3 Å². The van der Waals surface area contributed by atoms with Gasteiger partial charge in [0.1, 0.15) is 15.5 Å². The van der Waals surface area contributed by atoms with Gasteiger partial charge >= 0.3 is 0 Å². The van der Waals surface area contributed by atoms with Crippen LogP contribution >= 0.6 is 22.9 Å². The van der Waals surface area contributed by atoms with E-state index < -0.39 is 5.82 Å². The van der Waals surface area contributed by atoms with Crippen molar-refractivity contribution in [3.8, 4) is 0 Å². The highest BCUT2D eigenvalue weighted by Gasteiger charge is 2.19. The van der Waals surface area contributed by atoms with Gasteiger partial charge in [0.2, 0.25) is 0 Å². The van der Waals surface area contributed by atoms with E-state index in [0.717, 1.165) is 28.3 Å². The lowest BCUT2D eigenvalue weighted by Gasteiger charge is -2.05. The second-order valence-corrected chi connectivity index (χ2v) is 7.52. The minimum atomic E-state index is -0.543. The number of benzene rings is 2. The number of thiophene rings is 1. The molecule has 0 saturated heterocycles. The zero-order valence-electron chi connectivity index (χ0n) is 14.3. The fourth-order valence-electron chi connectivity index (χ4n) is 3.00. The van der Waals surface area contributed by atoms with Crippen LogP contribution in [0.3, 0.4) is 0 Å². The van der Waals surface area contributed by atoms with Gasteiger partial charge in [-0.3, -0.25) is 4.79 Å². The molecule has 4 rings (SSSR count). The third kappa shape index (κ3) is 3.11. The Bertz CT molecular complexity index is 1200. The molecule has 1 amide bonds. The monoisotopic (exact) mass is 399 g/mol. The summed E-state index contributed by atoms with van der Waals surface area (Å²) in [5.41, 5.74) is 9.09. The molecule has 2 aromatic heterocycles. The van der Waals surface area contributed by atoms with Crippen LogP contribution in [0.25, 0.3) is 21.1 Å². The van der Waals surface area contributed by atoms with Crippen LogP contribution in [-0.4, -0.2) is 10.9 Å². The second-order valence-electron chi connectivity index (χ2n) is 6.11. The van der Waals surface area contributed by atoms with Gasteiger partial charge in [-0.1, -0.05) is 36.7 Å². The first-order chi connectivity index (χ1) is 13.0. The Balaban J connectivity index is 1.77. The highest BCUT2D eigenvalue weighted by atomic mass is 35.5. The molecular weight excluding hydrogens is 385 g/mol. The SMILES string of the molecule is CCc1cccc2cc3c(N)c(C(=O)Nc4ccc(F)c(Cl)c4)sc3nc12. The van der Waals surface area contributed by atoms with Gasteiger partial charge in [0.25, 0.3) is 5.91 Å². The van der Waals surface area contributed by atoms with Crippen molar-refractivity contribution in [1.82, 2.24) is 4.98 Å². The average Bonchev–Trinajstić information content (AvgIpc) is 2.98. The quantitative estimate of drug-likeness (QED) is 0.468. The molecule has 3 N–H and O–H groups in total. The molecule has 27 heavy (non-hydrogen) atoms. The van der Waals surface area contributed by atoms with Crippen molar-refractivity contribution in [3.63, 3.8) is 0 Å². The van der Waals surface area contributed by atoms with E-state index in [1.165, 1.54) is 29.5 Å². The third-order valence-corrected chi connectivity index (χ3v) is 5.80. The lowest BCUT2D eigenvalue weighted by molar-refractivity contribution is 0.103. The summed E-state index contributed by atoms with van der Waals surface area (Å²) in [5, 5.41) is 4.39. The number of rotatable bonds is 3. The first kappa shape index (κ1) is 17.7. The molecule has 2 aromatic carbocycles. The zero-order valence-corrected chi connectivity index (χ0v) is 15.9. The molecule has 136 valence electrons. The topological polar surface area (TPSA) is 68.0 Å². The number of fused-ring (bicyclic) bond motifs is 2. The van der Waals surface area contributed by atoms with Crippen LogP contribution in [-0.2, 0) is 6.42 Å². The highest BCUT2D eigenvalue weighted by Crippen LogP contribution is 2.35. The lowest BCUT2D eigenvalue weighted by Crippen LogP contribution is -2.12. The Morgan fingerprint density at radius 2 is 2.11 bits per heavy atom. The maximum absolute atomic E-state index is 13.3. The highest BCUT2D eigenvalue weighted by molar-refractivity contribution is 7.21. The van der Waals surface area contributed by atoms with Crippen LogP contribution in [0, 0.1) is 5.82 Å². The molecule has 2 heterocycles. The number of nitrogens with zero attached hydrogens (tertiary/aromatic N) is 1. The third-order valence-electron chi connectivity index (χ3n) is 4.39. The van der Waals surface area contributed by atoms with Gasteiger partial charge in [0.15, 0.2) is 0 Å². The van der Waals surface area contributed by atoms with Crippen LogP contribution in [0.4, 0.5) is 15.8 Å². The van der Waals surface area contributed by atoms with Crippen LogP contribution in [0.15, 0.2) is 42.5 Å². The number of aromatic nitrogens is 1. The predicted molar refractivity (Wildman–Crippen MR) is 110 cm³/mol. The first-order valence-corrected chi connectivity index (χ1v) is 9.54. The van der Waals surface area contributed by atoms with Crippen molar-refractivity contribution < 1.29 is 9.18 Å².